The van der Waals surface area contributed by atoms with Crippen LogP contribution >= 0.6 is 0 Å². The van der Waals surface area contributed by atoms with E-state index in [1.165, 1.54) is 6.26 Å². The molecule has 0 aliphatic carbocycles. The molecule has 0 saturated heterocycles. The Bertz CT molecular complexity index is 560. The first kappa shape index (κ1) is 12.2. The van der Waals surface area contributed by atoms with Crippen molar-refractivity contribution in [1.82, 2.24) is 0 Å². The number of nitrogen functional groups attached to an aromatic ring is 1. The summed E-state index contributed by atoms with van der Waals surface area (Å²) in [5, 5.41) is 0. The largest absolute Gasteiger partial charge is 0.459 e. The number of nitrogens with two attached hydrogens (primary N) is 1. The molecule has 2 aromatic rings. The fourth-order valence-corrected chi connectivity index (χ4v) is 1.85. The van der Waals surface area contributed by atoms with Gasteiger partial charge < -0.3 is 15.1 Å². The van der Waals surface area contributed by atoms with Gasteiger partial charge >= 0.3 is 0 Å². The highest BCUT2D eigenvalue weighted by Gasteiger charge is 2.20. The lowest BCUT2D eigenvalue weighted by Gasteiger charge is -2.20. The first-order chi connectivity index (χ1) is 8.63. The highest BCUT2D eigenvalue weighted by atomic mass is 16.3. The Morgan fingerprint density at radius 1 is 1.39 bits per heavy atom. The summed E-state index contributed by atoms with van der Waals surface area (Å²) in [6.45, 7) is 4.33. The SMILES string of the molecule is CCN(C(=O)c1occc1C)c1cccc(N)c1. The van der Waals surface area contributed by atoms with E-state index < -0.39 is 0 Å². The molecule has 0 fully saturated rings. The van der Waals surface area contributed by atoms with Crippen LogP contribution in [0.25, 0.3) is 0 Å². The van der Waals surface area contributed by atoms with Crippen LogP contribution in [0.4, 0.5) is 11.4 Å². The maximum atomic E-state index is 12.4. The van der Waals surface area contributed by atoms with Crippen molar-refractivity contribution < 1.29 is 9.21 Å². The van der Waals surface area contributed by atoms with E-state index >= 15 is 0 Å². The van der Waals surface area contributed by atoms with Gasteiger partial charge in [0.25, 0.3) is 5.91 Å². The fourth-order valence-electron chi connectivity index (χ4n) is 1.85. The lowest BCUT2D eigenvalue weighted by Crippen LogP contribution is -2.30. The monoisotopic (exact) mass is 244 g/mol. The van der Waals surface area contributed by atoms with Gasteiger partial charge in [0.15, 0.2) is 5.76 Å². The van der Waals surface area contributed by atoms with Crippen molar-refractivity contribution in [3.05, 3.63) is 47.9 Å². The smallest absolute Gasteiger partial charge is 0.294 e. The van der Waals surface area contributed by atoms with Gasteiger partial charge in [-0.2, -0.15) is 0 Å². The molecule has 1 aromatic carbocycles. The Labute approximate surface area is 106 Å². The van der Waals surface area contributed by atoms with Crippen LogP contribution in [0.3, 0.4) is 0 Å². The molecule has 0 radical (unpaired) electrons. The van der Waals surface area contributed by atoms with Crippen LogP contribution in [0.15, 0.2) is 41.0 Å². The predicted molar refractivity (Wildman–Crippen MR) is 71.6 cm³/mol. The number of hydrogen-bond donors (Lipinski definition) is 1. The number of anilines is 2. The van der Waals surface area contributed by atoms with E-state index in [9.17, 15) is 4.79 Å². The van der Waals surface area contributed by atoms with Crippen LogP contribution in [0.1, 0.15) is 23.0 Å². The molecule has 1 heterocycles. The zero-order valence-electron chi connectivity index (χ0n) is 10.5. The fraction of sp³-hybridized carbons (Fsp3) is 0.214. The van der Waals surface area contributed by atoms with E-state index in [0.29, 0.717) is 18.0 Å². The molecular weight excluding hydrogens is 228 g/mol. The van der Waals surface area contributed by atoms with Gasteiger partial charge in [0, 0.05) is 23.5 Å². The lowest BCUT2D eigenvalue weighted by molar-refractivity contribution is 0.0961. The standard InChI is InChI=1S/C14H16N2O2/c1-3-16(12-6-4-5-11(15)9-12)14(17)13-10(2)7-8-18-13/h4-9H,3,15H2,1-2H3. The zero-order valence-corrected chi connectivity index (χ0v) is 10.5. The number of furan rings is 1. The van der Waals surface area contributed by atoms with Crippen molar-refractivity contribution in [2.75, 3.05) is 17.2 Å². The van der Waals surface area contributed by atoms with Gasteiger partial charge in [0.1, 0.15) is 0 Å². The van der Waals surface area contributed by atoms with Crippen molar-refractivity contribution in [2.24, 2.45) is 0 Å². The van der Waals surface area contributed by atoms with Crippen molar-refractivity contribution >= 4 is 17.3 Å². The van der Waals surface area contributed by atoms with Crippen LogP contribution in [0.5, 0.6) is 0 Å². The molecule has 0 spiro atoms. The highest BCUT2D eigenvalue weighted by molar-refractivity contribution is 6.05. The zero-order chi connectivity index (χ0) is 13.1. The van der Waals surface area contributed by atoms with E-state index in [4.69, 9.17) is 10.2 Å². The molecule has 0 unspecified atom stereocenters. The van der Waals surface area contributed by atoms with Crippen LogP contribution in [-0.4, -0.2) is 12.5 Å². The highest BCUT2D eigenvalue weighted by Crippen LogP contribution is 2.21. The van der Waals surface area contributed by atoms with E-state index in [-0.39, 0.29) is 5.91 Å². The van der Waals surface area contributed by atoms with Gasteiger partial charge in [-0.25, -0.2) is 0 Å². The van der Waals surface area contributed by atoms with Crippen molar-refractivity contribution in [3.8, 4) is 0 Å². The van der Waals surface area contributed by atoms with Crippen LogP contribution in [0, 0.1) is 6.92 Å². The van der Waals surface area contributed by atoms with Crippen molar-refractivity contribution in [3.63, 3.8) is 0 Å². The number of rotatable bonds is 3. The van der Waals surface area contributed by atoms with Crippen molar-refractivity contribution in [1.29, 1.82) is 0 Å². The molecule has 2 rings (SSSR count). The summed E-state index contributed by atoms with van der Waals surface area (Å²) in [6.07, 6.45) is 1.52. The normalized spacial score (nSPS) is 10.3. The van der Waals surface area contributed by atoms with E-state index in [0.717, 1.165) is 11.3 Å². The second-order valence-corrected chi connectivity index (χ2v) is 4.08. The van der Waals surface area contributed by atoms with Gasteiger partial charge in [-0.15, -0.1) is 0 Å². The molecule has 0 bridgehead atoms. The predicted octanol–water partition coefficient (Wildman–Crippen LogP) is 2.84. The Hall–Kier alpha value is -2.23. The van der Waals surface area contributed by atoms with Gasteiger partial charge in [0.05, 0.1) is 6.26 Å². The molecular formula is C14H16N2O2. The number of benzene rings is 1. The maximum absolute atomic E-state index is 12.4. The first-order valence-corrected chi connectivity index (χ1v) is 5.85. The molecule has 4 heteroatoms. The molecule has 18 heavy (non-hydrogen) atoms. The van der Waals surface area contributed by atoms with E-state index in [2.05, 4.69) is 0 Å². The first-order valence-electron chi connectivity index (χ1n) is 5.85. The number of amides is 1. The summed E-state index contributed by atoms with van der Waals surface area (Å²) in [6, 6.07) is 9.03. The molecule has 0 saturated carbocycles. The average molecular weight is 244 g/mol. The Morgan fingerprint density at radius 2 is 2.17 bits per heavy atom. The van der Waals surface area contributed by atoms with Crippen LogP contribution in [0.2, 0.25) is 0 Å². The molecule has 1 aromatic heterocycles. The quantitative estimate of drug-likeness (QED) is 0.844. The molecule has 0 aliphatic heterocycles. The summed E-state index contributed by atoms with van der Waals surface area (Å²) in [5.41, 5.74) is 7.98. The number of nitrogens with zero attached hydrogens (tertiary/aromatic N) is 1. The summed E-state index contributed by atoms with van der Waals surface area (Å²) >= 11 is 0. The average Bonchev–Trinajstić information content (AvgIpc) is 2.76. The van der Waals surface area contributed by atoms with Crippen LogP contribution < -0.4 is 10.6 Å². The third kappa shape index (κ3) is 2.22. The summed E-state index contributed by atoms with van der Waals surface area (Å²) in [4.78, 5) is 14.0. The third-order valence-electron chi connectivity index (χ3n) is 2.80. The van der Waals surface area contributed by atoms with Gasteiger partial charge in [0.2, 0.25) is 0 Å². The minimum atomic E-state index is -0.148. The topological polar surface area (TPSA) is 59.5 Å². The summed E-state index contributed by atoms with van der Waals surface area (Å²) in [7, 11) is 0. The van der Waals surface area contributed by atoms with Crippen LogP contribution in [-0.2, 0) is 0 Å². The number of aryl methyl sites for hydroxylation is 1. The van der Waals surface area contributed by atoms with E-state index in [1.807, 2.05) is 26.0 Å². The minimum Gasteiger partial charge on any atom is -0.459 e. The lowest BCUT2D eigenvalue weighted by atomic mass is 10.2. The van der Waals surface area contributed by atoms with Gasteiger partial charge in [-0.3, -0.25) is 4.79 Å². The second-order valence-electron chi connectivity index (χ2n) is 4.08. The van der Waals surface area contributed by atoms with E-state index in [1.54, 1.807) is 23.1 Å². The Balaban J connectivity index is 2.35. The summed E-state index contributed by atoms with van der Waals surface area (Å²) in [5.74, 6) is 0.227. The molecule has 0 atom stereocenters. The molecule has 1 amide bonds. The molecule has 2 N–H and O–H groups in total. The number of carbonyl (C=O) groups excluding carboxylic acids is 1. The third-order valence-corrected chi connectivity index (χ3v) is 2.80. The number of carbonyl (C=O) groups is 1. The number of hydrogen-bond acceptors (Lipinski definition) is 3. The molecule has 0 aliphatic rings. The second kappa shape index (κ2) is 4.96. The van der Waals surface area contributed by atoms with Gasteiger partial charge in [-0.1, -0.05) is 6.07 Å². The van der Waals surface area contributed by atoms with Crippen molar-refractivity contribution in [2.45, 2.75) is 13.8 Å². The Kier molecular flexibility index (Phi) is 3.37. The summed E-state index contributed by atoms with van der Waals surface area (Å²) < 4.78 is 5.24. The Morgan fingerprint density at radius 3 is 2.72 bits per heavy atom. The molecule has 4 nitrogen and oxygen atoms in total. The molecule has 94 valence electrons. The van der Waals surface area contributed by atoms with Gasteiger partial charge in [-0.05, 0) is 38.1 Å². The minimum absolute atomic E-state index is 0.148. The maximum Gasteiger partial charge on any atom is 0.294 e.